The average molecular weight is 382 g/mol. The van der Waals surface area contributed by atoms with E-state index in [4.69, 9.17) is 27.9 Å². The third-order valence-electron chi connectivity index (χ3n) is 5.20. The van der Waals surface area contributed by atoms with Gasteiger partial charge < -0.3 is 15.0 Å². The zero-order chi connectivity index (χ0) is 18.1. The number of carbonyl (C=O) groups excluding carboxylic acids is 1. The van der Waals surface area contributed by atoms with E-state index < -0.39 is 0 Å². The standard InChI is InChI=1S/C18H21Cl2N3O2/c1-3-11-6-15(18(20)10(2)17(11)19)25-8-16(24)22-13-7-12-4-5-14(13)23(12)9-21/h6,12-14H,3-5,7-8H2,1-2H3,(H,22,24). The Balaban J connectivity index is 1.60. The number of hydrogen-bond donors (Lipinski definition) is 1. The van der Waals surface area contributed by atoms with E-state index in [1.807, 2.05) is 18.7 Å². The maximum absolute atomic E-state index is 12.3. The minimum atomic E-state index is -0.197. The quantitative estimate of drug-likeness (QED) is 0.793. The van der Waals surface area contributed by atoms with Gasteiger partial charge in [-0.2, -0.15) is 5.26 Å². The van der Waals surface area contributed by atoms with Crippen molar-refractivity contribution in [2.45, 2.75) is 57.7 Å². The molecule has 7 heteroatoms. The maximum Gasteiger partial charge on any atom is 0.258 e. The first-order valence-electron chi connectivity index (χ1n) is 8.54. The SMILES string of the molecule is CCc1cc(OCC(=O)NC2CC3CCC2N3C#N)c(Cl)c(C)c1Cl. The summed E-state index contributed by atoms with van der Waals surface area (Å²) in [5.74, 6) is 0.277. The lowest BCUT2D eigenvalue weighted by Crippen LogP contribution is -2.44. The molecular weight excluding hydrogens is 361 g/mol. The number of nitrogens with zero attached hydrogens (tertiary/aromatic N) is 2. The summed E-state index contributed by atoms with van der Waals surface area (Å²) in [7, 11) is 0. The summed E-state index contributed by atoms with van der Waals surface area (Å²) in [6.07, 6.45) is 5.80. The number of amides is 1. The van der Waals surface area contributed by atoms with E-state index in [9.17, 15) is 10.1 Å². The highest BCUT2D eigenvalue weighted by molar-refractivity contribution is 6.37. The van der Waals surface area contributed by atoms with E-state index in [1.165, 1.54) is 0 Å². The highest BCUT2D eigenvalue weighted by Crippen LogP contribution is 2.37. The van der Waals surface area contributed by atoms with Crippen LogP contribution in [0.3, 0.4) is 0 Å². The number of fused-ring (bicyclic) bond motifs is 2. The summed E-state index contributed by atoms with van der Waals surface area (Å²) in [5, 5.41) is 13.3. The Bertz CT molecular complexity index is 732. The second kappa shape index (κ2) is 7.31. The molecule has 2 aliphatic rings. The maximum atomic E-state index is 12.3. The lowest BCUT2D eigenvalue weighted by molar-refractivity contribution is -0.124. The van der Waals surface area contributed by atoms with Gasteiger partial charge in [-0.05, 0) is 49.8 Å². The third-order valence-corrected chi connectivity index (χ3v) is 6.20. The van der Waals surface area contributed by atoms with E-state index >= 15 is 0 Å². The zero-order valence-electron chi connectivity index (χ0n) is 14.3. The van der Waals surface area contributed by atoms with Gasteiger partial charge in [-0.25, -0.2) is 0 Å². The van der Waals surface area contributed by atoms with Crippen molar-refractivity contribution in [3.63, 3.8) is 0 Å². The van der Waals surface area contributed by atoms with Crippen LogP contribution in [0.4, 0.5) is 0 Å². The predicted octanol–water partition coefficient (Wildman–Crippen LogP) is 3.45. The zero-order valence-corrected chi connectivity index (χ0v) is 15.8. The van der Waals surface area contributed by atoms with E-state index in [-0.39, 0.29) is 30.6 Å². The highest BCUT2D eigenvalue weighted by atomic mass is 35.5. The first-order chi connectivity index (χ1) is 12.0. The van der Waals surface area contributed by atoms with Crippen LogP contribution in [-0.4, -0.2) is 35.5 Å². The summed E-state index contributed by atoms with van der Waals surface area (Å²) >= 11 is 12.5. The molecule has 0 aromatic heterocycles. The molecule has 25 heavy (non-hydrogen) atoms. The summed E-state index contributed by atoms with van der Waals surface area (Å²) < 4.78 is 5.64. The van der Waals surface area contributed by atoms with Crippen molar-refractivity contribution in [2.75, 3.05) is 6.61 Å². The molecule has 3 unspecified atom stereocenters. The highest BCUT2D eigenvalue weighted by Gasteiger charge is 2.46. The largest absolute Gasteiger partial charge is 0.482 e. The molecule has 3 atom stereocenters. The molecule has 1 amide bonds. The smallest absolute Gasteiger partial charge is 0.258 e. The van der Waals surface area contributed by atoms with Crippen molar-refractivity contribution in [1.29, 1.82) is 5.26 Å². The Labute approximate surface area is 157 Å². The Morgan fingerprint density at radius 2 is 2.20 bits per heavy atom. The van der Waals surface area contributed by atoms with Crippen molar-refractivity contribution in [1.82, 2.24) is 10.2 Å². The average Bonchev–Trinajstić information content (AvgIpc) is 3.15. The van der Waals surface area contributed by atoms with Gasteiger partial charge in [0.1, 0.15) is 5.75 Å². The van der Waals surface area contributed by atoms with Crippen molar-refractivity contribution >= 4 is 29.1 Å². The molecule has 0 radical (unpaired) electrons. The number of nitrogens with one attached hydrogen (secondary N) is 1. The molecule has 2 fully saturated rings. The molecule has 0 aliphatic carbocycles. The number of aryl methyl sites for hydroxylation is 1. The van der Waals surface area contributed by atoms with Crippen molar-refractivity contribution in [3.05, 3.63) is 27.2 Å². The number of nitriles is 1. The monoisotopic (exact) mass is 381 g/mol. The number of ether oxygens (including phenoxy) is 1. The third kappa shape index (κ3) is 3.38. The first kappa shape index (κ1) is 18.2. The van der Waals surface area contributed by atoms with Gasteiger partial charge in [0.25, 0.3) is 5.91 Å². The van der Waals surface area contributed by atoms with Crippen LogP contribution in [-0.2, 0) is 11.2 Å². The number of benzene rings is 1. The molecule has 1 N–H and O–H groups in total. The molecule has 0 spiro atoms. The predicted molar refractivity (Wildman–Crippen MR) is 96.9 cm³/mol. The molecule has 1 aromatic rings. The van der Waals surface area contributed by atoms with Crippen molar-refractivity contribution in [2.24, 2.45) is 0 Å². The topological polar surface area (TPSA) is 65.4 Å². The lowest BCUT2D eigenvalue weighted by atomic mass is 9.95. The van der Waals surface area contributed by atoms with Gasteiger partial charge >= 0.3 is 0 Å². The first-order valence-corrected chi connectivity index (χ1v) is 9.29. The second-order valence-corrected chi connectivity index (χ2v) is 7.40. The molecule has 2 bridgehead atoms. The van der Waals surface area contributed by atoms with E-state index in [2.05, 4.69) is 11.5 Å². The van der Waals surface area contributed by atoms with Crippen molar-refractivity contribution < 1.29 is 9.53 Å². The minimum absolute atomic E-state index is 0.0168. The molecular formula is C18H21Cl2N3O2. The van der Waals surface area contributed by atoms with Gasteiger partial charge in [0.15, 0.2) is 12.8 Å². The van der Waals surface area contributed by atoms with Crippen LogP contribution in [0, 0.1) is 18.4 Å². The van der Waals surface area contributed by atoms with Gasteiger partial charge in [0, 0.05) is 11.1 Å². The molecule has 1 aromatic carbocycles. The van der Waals surface area contributed by atoms with Gasteiger partial charge in [-0.1, -0.05) is 30.1 Å². The van der Waals surface area contributed by atoms with Crippen LogP contribution in [0.25, 0.3) is 0 Å². The Morgan fingerprint density at radius 1 is 1.44 bits per heavy atom. The van der Waals surface area contributed by atoms with Gasteiger partial charge in [0.05, 0.1) is 17.1 Å². The van der Waals surface area contributed by atoms with Crippen LogP contribution < -0.4 is 10.1 Å². The van der Waals surface area contributed by atoms with E-state index in [0.717, 1.165) is 36.8 Å². The molecule has 2 saturated heterocycles. The summed E-state index contributed by atoms with van der Waals surface area (Å²) in [6.45, 7) is 3.73. The normalized spacial score (nSPS) is 24.3. The van der Waals surface area contributed by atoms with Gasteiger partial charge in [-0.3, -0.25) is 4.79 Å². The number of carbonyl (C=O) groups is 1. The van der Waals surface area contributed by atoms with Gasteiger partial charge in [0.2, 0.25) is 0 Å². The van der Waals surface area contributed by atoms with Gasteiger partial charge in [-0.15, -0.1) is 0 Å². The fraction of sp³-hybridized carbons (Fsp3) is 0.556. The van der Waals surface area contributed by atoms with E-state index in [1.54, 1.807) is 6.07 Å². The number of rotatable bonds is 5. The Hall–Kier alpha value is -1.64. The van der Waals surface area contributed by atoms with E-state index in [0.29, 0.717) is 15.8 Å². The molecule has 2 heterocycles. The fourth-order valence-corrected chi connectivity index (χ4v) is 4.40. The Kier molecular flexibility index (Phi) is 5.31. The van der Waals surface area contributed by atoms with Crippen LogP contribution in [0.5, 0.6) is 5.75 Å². The molecule has 3 rings (SSSR count). The lowest BCUT2D eigenvalue weighted by Gasteiger charge is -2.22. The van der Waals surface area contributed by atoms with Crippen molar-refractivity contribution in [3.8, 4) is 11.9 Å². The summed E-state index contributed by atoms with van der Waals surface area (Å²) in [5.41, 5.74) is 1.70. The van der Waals surface area contributed by atoms with Crippen LogP contribution in [0.2, 0.25) is 10.0 Å². The molecule has 5 nitrogen and oxygen atoms in total. The molecule has 0 saturated carbocycles. The fourth-order valence-electron chi connectivity index (χ4n) is 3.86. The number of hydrogen-bond acceptors (Lipinski definition) is 4. The summed E-state index contributed by atoms with van der Waals surface area (Å²) in [6, 6.07) is 2.19. The molecule has 2 aliphatic heterocycles. The Morgan fingerprint density at radius 3 is 2.84 bits per heavy atom. The molecule has 134 valence electrons. The van der Waals surface area contributed by atoms with Crippen LogP contribution in [0.15, 0.2) is 6.07 Å². The second-order valence-electron chi connectivity index (χ2n) is 6.64. The minimum Gasteiger partial charge on any atom is -0.482 e. The summed E-state index contributed by atoms with van der Waals surface area (Å²) in [4.78, 5) is 14.1. The van der Waals surface area contributed by atoms with Crippen LogP contribution >= 0.6 is 23.2 Å². The number of halogens is 2. The van der Waals surface area contributed by atoms with Crippen LogP contribution in [0.1, 0.15) is 37.3 Å².